The molecule has 1 aromatic carbocycles. The zero-order chi connectivity index (χ0) is 24.7. The molecular weight excluding hydrogens is 455 g/mol. The summed E-state index contributed by atoms with van der Waals surface area (Å²) in [7, 11) is 3.11. The topological polar surface area (TPSA) is 114 Å². The van der Waals surface area contributed by atoms with Gasteiger partial charge in [0.25, 0.3) is 0 Å². The normalized spacial score (nSPS) is 11.6. The number of aromatic nitrogens is 3. The van der Waals surface area contributed by atoms with E-state index in [1.54, 1.807) is 26.2 Å². The summed E-state index contributed by atoms with van der Waals surface area (Å²) < 4.78 is 60.8. The maximum atomic E-state index is 13.1. The van der Waals surface area contributed by atoms with Crippen molar-refractivity contribution in [3.8, 4) is 11.5 Å². The predicted molar refractivity (Wildman–Crippen MR) is 120 cm³/mol. The molecule has 9 nitrogen and oxygen atoms in total. The molecule has 12 heteroatoms. The number of anilines is 2. The zero-order valence-electron chi connectivity index (χ0n) is 19.0. The number of nitrogen functional groups attached to an aromatic ring is 1. The van der Waals surface area contributed by atoms with Gasteiger partial charge in [0.1, 0.15) is 29.8 Å². The Morgan fingerprint density at radius 3 is 2.41 bits per heavy atom. The van der Waals surface area contributed by atoms with Crippen molar-refractivity contribution in [3.05, 3.63) is 41.3 Å². The fraction of sp³-hybridized carbons (Fsp3) is 0.409. The number of fused-ring (bicyclic) bond motifs is 1. The van der Waals surface area contributed by atoms with E-state index in [0.29, 0.717) is 59.4 Å². The summed E-state index contributed by atoms with van der Waals surface area (Å²) >= 11 is 0. The maximum absolute atomic E-state index is 13.1. The summed E-state index contributed by atoms with van der Waals surface area (Å²) in [5, 5.41) is 3.68. The number of hydrogen-bond acceptors (Lipinski definition) is 9. The van der Waals surface area contributed by atoms with Crippen LogP contribution < -0.4 is 20.5 Å². The van der Waals surface area contributed by atoms with Crippen LogP contribution in [0.3, 0.4) is 0 Å². The molecule has 0 unspecified atom stereocenters. The standard InChI is InChI=1S/C22H26F3N5O4/c1-13-28-16-11-17(32-3)18(34-7-6-33-5-4-31-2)10-15(16)21(29-13)27-12-14-8-19(22(23,24)25)30-20(26)9-14/h8-11H,4-7,12H2,1-3H3,(H2,26,30)(H,27,28,29). The molecule has 0 aliphatic heterocycles. The van der Waals surface area contributed by atoms with Gasteiger partial charge in [-0.25, -0.2) is 15.0 Å². The van der Waals surface area contributed by atoms with Crippen LogP contribution in [0, 0.1) is 6.92 Å². The van der Waals surface area contributed by atoms with E-state index in [0.717, 1.165) is 6.07 Å². The number of halogens is 3. The van der Waals surface area contributed by atoms with Gasteiger partial charge in [-0.1, -0.05) is 0 Å². The molecule has 3 N–H and O–H groups in total. The predicted octanol–water partition coefficient (Wildman–Crippen LogP) is 3.60. The number of rotatable bonds is 11. The third kappa shape index (κ3) is 6.58. The minimum absolute atomic E-state index is 0.0386. The molecule has 34 heavy (non-hydrogen) atoms. The molecule has 0 aliphatic carbocycles. The smallest absolute Gasteiger partial charge is 0.433 e. The number of methoxy groups -OCH3 is 2. The Labute approximate surface area is 194 Å². The molecule has 0 fully saturated rings. The average molecular weight is 481 g/mol. The molecule has 0 saturated heterocycles. The van der Waals surface area contributed by atoms with Crippen molar-refractivity contribution in [3.63, 3.8) is 0 Å². The number of alkyl halides is 3. The molecule has 0 atom stereocenters. The van der Waals surface area contributed by atoms with Crippen LogP contribution in [-0.4, -0.2) is 55.6 Å². The van der Waals surface area contributed by atoms with Crippen LogP contribution in [-0.2, 0) is 22.2 Å². The first-order valence-corrected chi connectivity index (χ1v) is 10.3. The molecule has 0 amide bonds. The van der Waals surface area contributed by atoms with Gasteiger partial charge in [-0.05, 0) is 30.7 Å². The highest BCUT2D eigenvalue weighted by Crippen LogP contribution is 2.35. The number of benzene rings is 1. The van der Waals surface area contributed by atoms with E-state index in [4.69, 9.17) is 24.7 Å². The summed E-state index contributed by atoms with van der Waals surface area (Å²) in [5.74, 6) is 1.61. The third-order valence-electron chi connectivity index (χ3n) is 4.67. The van der Waals surface area contributed by atoms with Crippen LogP contribution in [0.2, 0.25) is 0 Å². The van der Waals surface area contributed by atoms with Gasteiger partial charge in [-0.2, -0.15) is 13.2 Å². The Morgan fingerprint density at radius 1 is 0.941 bits per heavy atom. The maximum Gasteiger partial charge on any atom is 0.433 e. The second-order valence-corrected chi connectivity index (χ2v) is 7.23. The molecule has 184 valence electrons. The van der Waals surface area contributed by atoms with Crippen molar-refractivity contribution in [1.29, 1.82) is 0 Å². The summed E-state index contributed by atoms with van der Waals surface area (Å²) in [6, 6.07) is 5.75. The lowest BCUT2D eigenvalue weighted by atomic mass is 10.2. The molecule has 0 spiro atoms. The van der Waals surface area contributed by atoms with E-state index in [9.17, 15) is 13.2 Å². The Hall–Kier alpha value is -3.38. The number of pyridine rings is 1. The monoisotopic (exact) mass is 481 g/mol. The van der Waals surface area contributed by atoms with Crippen LogP contribution in [0.25, 0.3) is 10.9 Å². The first kappa shape index (κ1) is 25.2. The molecule has 3 aromatic rings. The number of aryl methyl sites for hydroxylation is 1. The highest BCUT2D eigenvalue weighted by Gasteiger charge is 2.33. The van der Waals surface area contributed by atoms with E-state index < -0.39 is 11.9 Å². The first-order valence-electron chi connectivity index (χ1n) is 10.3. The number of hydrogen-bond donors (Lipinski definition) is 2. The van der Waals surface area contributed by atoms with Crippen molar-refractivity contribution in [2.24, 2.45) is 0 Å². The fourth-order valence-corrected chi connectivity index (χ4v) is 3.16. The molecule has 3 rings (SSSR count). The van der Waals surface area contributed by atoms with Crippen LogP contribution in [0.1, 0.15) is 17.1 Å². The lowest BCUT2D eigenvalue weighted by molar-refractivity contribution is -0.141. The van der Waals surface area contributed by atoms with Gasteiger partial charge in [0, 0.05) is 25.1 Å². The highest BCUT2D eigenvalue weighted by molar-refractivity contribution is 5.91. The number of ether oxygens (including phenoxy) is 4. The lowest BCUT2D eigenvalue weighted by Gasteiger charge is -2.15. The highest BCUT2D eigenvalue weighted by atomic mass is 19.4. The van der Waals surface area contributed by atoms with E-state index in [-0.39, 0.29) is 19.0 Å². The van der Waals surface area contributed by atoms with E-state index in [1.165, 1.54) is 13.2 Å². The van der Waals surface area contributed by atoms with Gasteiger partial charge < -0.3 is 30.0 Å². The van der Waals surface area contributed by atoms with Crippen LogP contribution >= 0.6 is 0 Å². The quantitative estimate of drug-likeness (QED) is 0.397. The van der Waals surface area contributed by atoms with Gasteiger partial charge in [0.15, 0.2) is 11.5 Å². The average Bonchev–Trinajstić information content (AvgIpc) is 2.78. The molecule has 0 radical (unpaired) electrons. The summed E-state index contributed by atoms with van der Waals surface area (Å²) in [4.78, 5) is 12.2. The van der Waals surface area contributed by atoms with Crippen molar-refractivity contribution in [2.75, 3.05) is 51.7 Å². The molecular formula is C22H26F3N5O4. The van der Waals surface area contributed by atoms with Crippen molar-refractivity contribution < 1.29 is 32.1 Å². The Balaban J connectivity index is 1.84. The molecule has 2 heterocycles. The summed E-state index contributed by atoms with van der Waals surface area (Å²) in [6.45, 7) is 3.31. The second-order valence-electron chi connectivity index (χ2n) is 7.23. The van der Waals surface area contributed by atoms with Crippen molar-refractivity contribution in [1.82, 2.24) is 15.0 Å². The van der Waals surface area contributed by atoms with Crippen LogP contribution in [0.5, 0.6) is 11.5 Å². The van der Waals surface area contributed by atoms with Gasteiger partial charge in [-0.3, -0.25) is 0 Å². The largest absolute Gasteiger partial charge is 0.493 e. The number of nitrogens with zero attached hydrogens (tertiary/aromatic N) is 3. The summed E-state index contributed by atoms with van der Waals surface area (Å²) in [5.41, 5.74) is 5.40. The molecule has 2 aromatic heterocycles. The molecule has 0 bridgehead atoms. The number of nitrogens with two attached hydrogens (primary N) is 1. The van der Waals surface area contributed by atoms with Gasteiger partial charge in [0.2, 0.25) is 0 Å². The lowest BCUT2D eigenvalue weighted by Crippen LogP contribution is -2.12. The van der Waals surface area contributed by atoms with E-state index in [1.807, 2.05) is 0 Å². The van der Waals surface area contributed by atoms with Crippen LogP contribution in [0.4, 0.5) is 24.8 Å². The first-order chi connectivity index (χ1) is 16.2. The Kier molecular flexibility index (Phi) is 8.29. The van der Waals surface area contributed by atoms with E-state index in [2.05, 4.69) is 20.3 Å². The molecule has 0 saturated carbocycles. The summed E-state index contributed by atoms with van der Waals surface area (Å²) in [6.07, 6.45) is -4.60. The van der Waals surface area contributed by atoms with Crippen molar-refractivity contribution >= 4 is 22.5 Å². The second kappa shape index (κ2) is 11.2. The zero-order valence-corrected chi connectivity index (χ0v) is 19.0. The Morgan fingerprint density at radius 2 is 1.71 bits per heavy atom. The SMILES string of the molecule is COCCOCCOc1cc2c(NCc3cc(N)nc(C(F)(F)F)c3)nc(C)nc2cc1OC. The minimum Gasteiger partial charge on any atom is -0.493 e. The molecule has 0 aliphatic rings. The van der Waals surface area contributed by atoms with Crippen LogP contribution in [0.15, 0.2) is 24.3 Å². The minimum atomic E-state index is -4.60. The van der Waals surface area contributed by atoms with Gasteiger partial charge >= 0.3 is 6.18 Å². The van der Waals surface area contributed by atoms with E-state index >= 15 is 0 Å². The fourth-order valence-electron chi connectivity index (χ4n) is 3.16. The number of nitrogens with one attached hydrogen (secondary N) is 1. The Bertz CT molecular complexity index is 1130. The van der Waals surface area contributed by atoms with Gasteiger partial charge in [-0.15, -0.1) is 0 Å². The third-order valence-corrected chi connectivity index (χ3v) is 4.67. The van der Waals surface area contributed by atoms with Crippen molar-refractivity contribution in [2.45, 2.75) is 19.6 Å². The van der Waals surface area contributed by atoms with Gasteiger partial charge in [0.05, 0.1) is 32.4 Å².